The first-order valence-corrected chi connectivity index (χ1v) is 8.41. The molecule has 4 rings (SSSR count). The van der Waals surface area contributed by atoms with Gasteiger partial charge in [-0.2, -0.15) is 0 Å². The molecule has 0 amide bonds. The number of hydrogen-bond acceptors (Lipinski definition) is 4. The SMILES string of the molecule is Clc1cc2c(cc1Cl)N=C(c1ccncc1)CC(c1ccncc1)=N2. The molecule has 0 aliphatic carbocycles. The molecule has 0 spiro atoms. The molecule has 1 aliphatic heterocycles. The van der Waals surface area contributed by atoms with Crippen LogP contribution in [0.4, 0.5) is 11.4 Å². The van der Waals surface area contributed by atoms with Gasteiger partial charge in [0.05, 0.1) is 32.8 Å². The first kappa shape index (κ1) is 15.9. The number of pyridine rings is 2. The maximum Gasteiger partial charge on any atom is 0.0905 e. The molecule has 6 heteroatoms. The molecule has 0 radical (unpaired) electrons. The predicted molar refractivity (Wildman–Crippen MR) is 102 cm³/mol. The average Bonchev–Trinajstić information content (AvgIpc) is 2.83. The number of aliphatic imine (C=N–C) groups is 2. The summed E-state index contributed by atoms with van der Waals surface area (Å²) in [6.07, 6.45) is 7.59. The summed E-state index contributed by atoms with van der Waals surface area (Å²) in [5.74, 6) is 0. The lowest BCUT2D eigenvalue weighted by atomic mass is 10.0. The summed E-state index contributed by atoms with van der Waals surface area (Å²) in [6.45, 7) is 0. The molecule has 0 saturated heterocycles. The van der Waals surface area contributed by atoms with Crippen LogP contribution in [0.5, 0.6) is 0 Å². The van der Waals surface area contributed by atoms with Gasteiger partial charge in [-0.15, -0.1) is 0 Å². The summed E-state index contributed by atoms with van der Waals surface area (Å²) in [6, 6.07) is 11.2. The monoisotopic (exact) mass is 366 g/mol. The van der Waals surface area contributed by atoms with Crippen molar-refractivity contribution >= 4 is 46.0 Å². The number of hydrogen-bond donors (Lipinski definition) is 0. The van der Waals surface area contributed by atoms with Crippen molar-refractivity contribution in [3.8, 4) is 0 Å². The van der Waals surface area contributed by atoms with Crippen molar-refractivity contribution in [2.45, 2.75) is 6.42 Å². The van der Waals surface area contributed by atoms with Crippen LogP contribution in [-0.2, 0) is 0 Å². The summed E-state index contributed by atoms with van der Waals surface area (Å²) < 4.78 is 0. The molecule has 0 fully saturated rings. The van der Waals surface area contributed by atoms with Crippen LogP contribution in [0, 0.1) is 0 Å². The van der Waals surface area contributed by atoms with E-state index in [1.54, 1.807) is 36.9 Å². The molecule has 0 bridgehead atoms. The van der Waals surface area contributed by atoms with Crippen molar-refractivity contribution in [3.05, 3.63) is 82.4 Å². The molecule has 2 aromatic heterocycles. The Morgan fingerprint density at radius 1 is 0.640 bits per heavy atom. The Bertz CT molecular complexity index is 903. The molecule has 0 N–H and O–H groups in total. The van der Waals surface area contributed by atoms with E-state index in [0.29, 0.717) is 27.8 Å². The van der Waals surface area contributed by atoms with Crippen LogP contribution in [0.1, 0.15) is 17.5 Å². The van der Waals surface area contributed by atoms with Gasteiger partial charge in [0.1, 0.15) is 0 Å². The Hall–Kier alpha value is -2.56. The molecule has 0 saturated carbocycles. The summed E-state index contributed by atoms with van der Waals surface area (Å²) in [5, 5.41) is 0.918. The maximum absolute atomic E-state index is 6.18. The Morgan fingerprint density at radius 3 is 1.44 bits per heavy atom. The number of aromatic nitrogens is 2. The van der Waals surface area contributed by atoms with Crippen molar-refractivity contribution in [1.82, 2.24) is 9.97 Å². The van der Waals surface area contributed by atoms with Gasteiger partial charge in [0.15, 0.2) is 0 Å². The van der Waals surface area contributed by atoms with Crippen LogP contribution >= 0.6 is 23.2 Å². The minimum atomic E-state index is 0.459. The molecule has 3 heterocycles. The summed E-state index contributed by atoms with van der Waals surface area (Å²) in [7, 11) is 0. The van der Waals surface area contributed by atoms with Crippen LogP contribution in [0.15, 0.2) is 71.2 Å². The van der Waals surface area contributed by atoms with Crippen LogP contribution in [0.25, 0.3) is 0 Å². The van der Waals surface area contributed by atoms with E-state index in [4.69, 9.17) is 33.2 Å². The largest absolute Gasteiger partial charge is 0.265 e. The van der Waals surface area contributed by atoms with E-state index in [1.165, 1.54) is 0 Å². The smallest absolute Gasteiger partial charge is 0.0905 e. The molecule has 25 heavy (non-hydrogen) atoms. The van der Waals surface area contributed by atoms with Crippen molar-refractivity contribution < 1.29 is 0 Å². The molecular formula is C19H12Cl2N4. The standard InChI is InChI=1S/C19H12Cl2N4/c20-14-9-18-19(10-15(14)21)25-17(13-3-7-23-8-4-13)11-16(24-18)12-1-5-22-6-2-12/h1-10H,11H2. The van der Waals surface area contributed by atoms with Crippen molar-refractivity contribution in [2.75, 3.05) is 0 Å². The van der Waals surface area contributed by atoms with Crippen LogP contribution in [0.2, 0.25) is 10.0 Å². The van der Waals surface area contributed by atoms with Gasteiger partial charge in [-0.1, -0.05) is 23.2 Å². The summed E-state index contributed by atoms with van der Waals surface area (Å²) >= 11 is 12.4. The fourth-order valence-electron chi connectivity index (χ4n) is 2.66. The van der Waals surface area contributed by atoms with Crippen molar-refractivity contribution in [3.63, 3.8) is 0 Å². The third-order valence-electron chi connectivity index (χ3n) is 3.89. The van der Waals surface area contributed by atoms with Crippen molar-refractivity contribution in [2.24, 2.45) is 9.98 Å². The van der Waals surface area contributed by atoms with E-state index < -0.39 is 0 Å². The molecule has 0 atom stereocenters. The highest BCUT2D eigenvalue weighted by molar-refractivity contribution is 6.42. The van der Waals surface area contributed by atoms with Crippen LogP contribution < -0.4 is 0 Å². The topological polar surface area (TPSA) is 50.5 Å². The van der Waals surface area contributed by atoms with E-state index >= 15 is 0 Å². The lowest BCUT2D eigenvalue weighted by Gasteiger charge is -2.07. The van der Waals surface area contributed by atoms with Gasteiger partial charge in [0.25, 0.3) is 0 Å². The van der Waals surface area contributed by atoms with Gasteiger partial charge in [0.2, 0.25) is 0 Å². The molecular weight excluding hydrogens is 355 g/mol. The highest BCUT2D eigenvalue weighted by Crippen LogP contribution is 2.39. The molecule has 4 nitrogen and oxygen atoms in total. The van der Waals surface area contributed by atoms with Gasteiger partial charge in [0, 0.05) is 31.2 Å². The normalized spacial score (nSPS) is 13.5. The average molecular weight is 367 g/mol. The molecule has 1 aliphatic rings. The zero-order valence-electron chi connectivity index (χ0n) is 13.0. The van der Waals surface area contributed by atoms with Gasteiger partial charge in [-0.05, 0) is 47.5 Å². The fraction of sp³-hybridized carbons (Fsp3) is 0.0526. The number of fused-ring (bicyclic) bond motifs is 1. The zero-order valence-corrected chi connectivity index (χ0v) is 14.5. The zero-order chi connectivity index (χ0) is 17.2. The maximum atomic E-state index is 6.18. The van der Waals surface area contributed by atoms with E-state index in [1.807, 2.05) is 24.3 Å². The minimum absolute atomic E-state index is 0.459. The highest BCUT2D eigenvalue weighted by Gasteiger charge is 2.17. The number of nitrogens with zero attached hydrogens (tertiary/aromatic N) is 4. The van der Waals surface area contributed by atoms with Crippen molar-refractivity contribution in [1.29, 1.82) is 0 Å². The first-order chi connectivity index (χ1) is 12.2. The predicted octanol–water partition coefficient (Wildman–Crippen LogP) is 5.43. The van der Waals surface area contributed by atoms with Gasteiger partial charge in [-0.3, -0.25) is 20.0 Å². The first-order valence-electron chi connectivity index (χ1n) is 7.66. The Morgan fingerprint density at radius 2 is 1.04 bits per heavy atom. The molecule has 3 aromatic rings. The second kappa shape index (κ2) is 6.75. The Balaban J connectivity index is 1.92. The third kappa shape index (κ3) is 3.31. The van der Waals surface area contributed by atoms with Gasteiger partial charge in [-0.25, -0.2) is 0 Å². The van der Waals surface area contributed by atoms with E-state index in [2.05, 4.69) is 9.97 Å². The molecule has 0 unspecified atom stereocenters. The summed E-state index contributed by atoms with van der Waals surface area (Å²) in [4.78, 5) is 17.8. The molecule has 122 valence electrons. The van der Waals surface area contributed by atoms with Crippen LogP contribution in [0.3, 0.4) is 0 Å². The molecule has 1 aromatic carbocycles. The Labute approximate surface area is 154 Å². The quantitative estimate of drug-likeness (QED) is 0.607. The Kier molecular flexibility index (Phi) is 4.30. The van der Waals surface area contributed by atoms with Gasteiger partial charge >= 0.3 is 0 Å². The second-order valence-corrected chi connectivity index (χ2v) is 6.33. The fourth-order valence-corrected chi connectivity index (χ4v) is 2.97. The van der Waals surface area contributed by atoms with E-state index in [-0.39, 0.29) is 0 Å². The summed E-state index contributed by atoms with van der Waals surface area (Å²) in [5.41, 5.74) is 5.19. The minimum Gasteiger partial charge on any atom is -0.265 e. The lowest BCUT2D eigenvalue weighted by Crippen LogP contribution is -2.09. The lowest BCUT2D eigenvalue weighted by molar-refractivity contribution is 1.30. The number of rotatable bonds is 2. The number of halogens is 2. The van der Waals surface area contributed by atoms with Crippen LogP contribution in [-0.4, -0.2) is 21.4 Å². The number of benzene rings is 1. The highest BCUT2D eigenvalue weighted by atomic mass is 35.5. The van der Waals surface area contributed by atoms with E-state index in [0.717, 1.165) is 22.6 Å². The second-order valence-electron chi connectivity index (χ2n) is 5.52. The van der Waals surface area contributed by atoms with Gasteiger partial charge < -0.3 is 0 Å². The third-order valence-corrected chi connectivity index (χ3v) is 4.61. The van der Waals surface area contributed by atoms with E-state index in [9.17, 15) is 0 Å².